The molecule has 1 heteroatoms. The van der Waals surface area contributed by atoms with E-state index in [2.05, 4.69) is 59.6 Å². The second kappa shape index (κ2) is 4.30. The second-order valence-electron chi connectivity index (χ2n) is 4.01. The van der Waals surface area contributed by atoms with Crippen molar-refractivity contribution in [2.24, 2.45) is 0 Å². The summed E-state index contributed by atoms with van der Waals surface area (Å²) in [6.07, 6.45) is 3.98. The number of nitrogens with one attached hydrogen (secondary N) is 1. The predicted molar refractivity (Wildman–Crippen MR) is 71.7 cm³/mol. The summed E-state index contributed by atoms with van der Waals surface area (Å²) in [4.78, 5) is 3.11. The van der Waals surface area contributed by atoms with Gasteiger partial charge in [0.1, 0.15) is 0 Å². The monoisotopic (exact) mass is 219 g/mol. The van der Waals surface area contributed by atoms with Crippen LogP contribution in [0.25, 0.3) is 22.3 Å². The Morgan fingerprint density at radius 1 is 0.588 bits per heavy atom. The molecule has 0 aliphatic heterocycles. The molecule has 0 saturated heterocycles. The molecule has 0 fully saturated rings. The van der Waals surface area contributed by atoms with Crippen LogP contribution in [0, 0.1) is 0 Å². The van der Waals surface area contributed by atoms with Gasteiger partial charge >= 0.3 is 0 Å². The number of hydrogen-bond donors (Lipinski definition) is 1. The van der Waals surface area contributed by atoms with Crippen molar-refractivity contribution in [1.29, 1.82) is 0 Å². The molecule has 0 spiro atoms. The van der Waals surface area contributed by atoms with Crippen LogP contribution in [-0.2, 0) is 0 Å². The van der Waals surface area contributed by atoms with Crippen LogP contribution in [0.1, 0.15) is 0 Å². The van der Waals surface area contributed by atoms with Crippen molar-refractivity contribution in [2.75, 3.05) is 0 Å². The lowest BCUT2D eigenvalue weighted by molar-refractivity contribution is 1.41. The Kier molecular flexibility index (Phi) is 2.51. The van der Waals surface area contributed by atoms with Crippen molar-refractivity contribution in [3.8, 4) is 22.3 Å². The maximum atomic E-state index is 3.11. The Morgan fingerprint density at radius 3 is 1.88 bits per heavy atom. The molecule has 0 aliphatic rings. The molecule has 1 N–H and O–H groups in total. The highest BCUT2D eigenvalue weighted by molar-refractivity contribution is 5.83. The summed E-state index contributed by atoms with van der Waals surface area (Å²) >= 11 is 0. The lowest BCUT2D eigenvalue weighted by Gasteiger charge is -2.08. The zero-order valence-corrected chi connectivity index (χ0v) is 9.43. The first kappa shape index (κ1) is 9.91. The summed E-state index contributed by atoms with van der Waals surface area (Å²) in [5.41, 5.74) is 5.02. The Morgan fingerprint density at radius 2 is 1.24 bits per heavy atom. The highest BCUT2D eigenvalue weighted by atomic mass is 14.6. The molecule has 0 bridgehead atoms. The summed E-state index contributed by atoms with van der Waals surface area (Å²) in [5.74, 6) is 0. The van der Waals surface area contributed by atoms with Crippen LogP contribution < -0.4 is 0 Å². The third-order valence-electron chi connectivity index (χ3n) is 2.92. The topological polar surface area (TPSA) is 15.8 Å². The van der Waals surface area contributed by atoms with Gasteiger partial charge in [-0.25, -0.2) is 0 Å². The Labute approximate surface area is 101 Å². The van der Waals surface area contributed by atoms with E-state index in [9.17, 15) is 0 Å². The van der Waals surface area contributed by atoms with E-state index in [1.807, 2.05) is 18.5 Å². The number of H-pyrrole nitrogens is 1. The minimum atomic E-state index is 1.23. The highest BCUT2D eigenvalue weighted by Crippen LogP contribution is 2.31. The van der Waals surface area contributed by atoms with E-state index in [1.54, 1.807) is 0 Å². The maximum Gasteiger partial charge on any atom is 0.00843 e. The third-order valence-corrected chi connectivity index (χ3v) is 2.92. The van der Waals surface area contributed by atoms with Crippen LogP contribution in [0.15, 0.2) is 73.1 Å². The van der Waals surface area contributed by atoms with Gasteiger partial charge in [-0.3, -0.25) is 0 Å². The lowest BCUT2D eigenvalue weighted by atomic mass is 9.96. The molecule has 0 amide bonds. The van der Waals surface area contributed by atoms with Gasteiger partial charge in [0.15, 0.2) is 0 Å². The SMILES string of the molecule is c1ccc(-c2ccccc2-c2cc[nH]c2)cc1. The van der Waals surface area contributed by atoms with Crippen LogP contribution >= 0.6 is 0 Å². The van der Waals surface area contributed by atoms with Crippen molar-refractivity contribution in [1.82, 2.24) is 4.98 Å². The summed E-state index contributed by atoms with van der Waals surface area (Å²) in [5, 5.41) is 0. The zero-order chi connectivity index (χ0) is 11.5. The van der Waals surface area contributed by atoms with Gasteiger partial charge in [-0.05, 0) is 28.3 Å². The molecule has 3 aromatic rings. The van der Waals surface area contributed by atoms with Crippen molar-refractivity contribution in [2.45, 2.75) is 0 Å². The second-order valence-corrected chi connectivity index (χ2v) is 4.01. The van der Waals surface area contributed by atoms with Gasteiger partial charge in [0.2, 0.25) is 0 Å². The van der Waals surface area contributed by atoms with Crippen LogP contribution in [-0.4, -0.2) is 4.98 Å². The fraction of sp³-hybridized carbons (Fsp3) is 0. The van der Waals surface area contributed by atoms with Crippen molar-refractivity contribution >= 4 is 0 Å². The normalized spacial score (nSPS) is 10.4. The average Bonchev–Trinajstić information content (AvgIpc) is 2.94. The van der Waals surface area contributed by atoms with Gasteiger partial charge in [-0.1, -0.05) is 54.6 Å². The highest BCUT2D eigenvalue weighted by Gasteiger charge is 2.05. The van der Waals surface area contributed by atoms with E-state index >= 15 is 0 Å². The van der Waals surface area contributed by atoms with Gasteiger partial charge in [0.25, 0.3) is 0 Å². The molecule has 82 valence electrons. The van der Waals surface area contributed by atoms with Crippen LogP contribution in [0.4, 0.5) is 0 Å². The third kappa shape index (κ3) is 1.87. The van der Waals surface area contributed by atoms with Crippen molar-refractivity contribution in [3.05, 3.63) is 73.1 Å². The summed E-state index contributed by atoms with van der Waals surface area (Å²) in [6, 6.07) is 21.1. The molecule has 0 aliphatic carbocycles. The Balaban J connectivity index is 2.18. The standard InChI is InChI=1S/C16H13N/c1-2-6-13(7-3-1)15-8-4-5-9-16(15)14-10-11-17-12-14/h1-12,17H. The molecule has 2 aromatic carbocycles. The molecule has 0 unspecified atom stereocenters. The number of benzene rings is 2. The van der Waals surface area contributed by atoms with Gasteiger partial charge in [0.05, 0.1) is 0 Å². The molecular weight excluding hydrogens is 206 g/mol. The van der Waals surface area contributed by atoms with E-state index < -0.39 is 0 Å². The van der Waals surface area contributed by atoms with Crippen LogP contribution in [0.2, 0.25) is 0 Å². The fourth-order valence-corrected chi connectivity index (χ4v) is 2.10. The van der Waals surface area contributed by atoms with Crippen LogP contribution in [0.3, 0.4) is 0 Å². The average molecular weight is 219 g/mol. The van der Waals surface area contributed by atoms with Gasteiger partial charge in [0, 0.05) is 12.4 Å². The zero-order valence-electron chi connectivity index (χ0n) is 9.43. The first-order valence-corrected chi connectivity index (χ1v) is 5.73. The molecule has 1 aromatic heterocycles. The first-order chi connectivity index (χ1) is 8.45. The van der Waals surface area contributed by atoms with Gasteiger partial charge in [-0.2, -0.15) is 0 Å². The predicted octanol–water partition coefficient (Wildman–Crippen LogP) is 4.35. The van der Waals surface area contributed by atoms with E-state index in [0.717, 1.165) is 0 Å². The number of aromatic nitrogens is 1. The molecular formula is C16H13N. The van der Waals surface area contributed by atoms with E-state index in [-0.39, 0.29) is 0 Å². The molecule has 1 nitrogen and oxygen atoms in total. The van der Waals surface area contributed by atoms with E-state index in [1.165, 1.54) is 22.3 Å². The smallest absolute Gasteiger partial charge is 0.00843 e. The number of rotatable bonds is 2. The van der Waals surface area contributed by atoms with Crippen LogP contribution in [0.5, 0.6) is 0 Å². The van der Waals surface area contributed by atoms with Crippen molar-refractivity contribution in [3.63, 3.8) is 0 Å². The van der Waals surface area contributed by atoms with E-state index in [4.69, 9.17) is 0 Å². The molecule has 17 heavy (non-hydrogen) atoms. The van der Waals surface area contributed by atoms with Gasteiger partial charge < -0.3 is 4.98 Å². The minimum absolute atomic E-state index is 1.23. The Bertz CT molecular complexity index is 594. The molecule has 3 rings (SSSR count). The summed E-state index contributed by atoms with van der Waals surface area (Å²) in [7, 11) is 0. The molecule has 0 saturated carbocycles. The molecule has 0 atom stereocenters. The fourth-order valence-electron chi connectivity index (χ4n) is 2.10. The summed E-state index contributed by atoms with van der Waals surface area (Å²) < 4.78 is 0. The number of hydrogen-bond acceptors (Lipinski definition) is 0. The van der Waals surface area contributed by atoms with E-state index in [0.29, 0.717) is 0 Å². The molecule has 1 heterocycles. The summed E-state index contributed by atoms with van der Waals surface area (Å²) in [6.45, 7) is 0. The maximum absolute atomic E-state index is 3.11. The number of aromatic amines is 1. The minimum Gasteiger partial charge on any atom is -0.367 e. The largest absolute Gasteiger partial charge is 0.367 e. The lowest BCUT2D eigenvalue weighted by Crippen LogP contribution is -1.82. The first-order valence-electron chi connectivity index (χ1n) is 5.73. The van der Waals surface area contributed by atoms with Gasteiger partial charge in [-0.15, -0.1) is 0 Å². The molecule has 0 radical (unpaired) electrons. The van der Waals surface area contributed by atoms with Crippen molar-refractivity contribution < 1.29 is 0 Å². The Hall–Kier alpha value is -2.28. The quantitative estimate of drug-likeness (QED) is 0.659.